The SMILES string of the molecule is CCN(CC)C(CNC(=NC)NCCc1c(C)noc1C)c1ccccc1.I. The first kappa shape index (κ1) is 24.4. The van der Waals surface area contributed by atoms with Crippen LogP contribution < -0.4 is 10.6 Å². The van der Waals surface area contributed by atoms with Crippen LogP contribution in [0.2, 0.25) is 0 Å². The number of benzene rings is 1. The number of hydrogen-bond donors (Lipinski definition) is 2. The third-order valence-electron chi connectivity index (χ3n) is 4.97. The van der Waals surface area contributed by atoms with Crippen molar-refractivity contribution in [1.82, 2.24) is 20.7 Å². The third-order valence-corrected chi connectivity index (χ3v) is 4.97. The van der Waals surface area contributed by atoms with Crippen LogP contribution in [0, 0.1) is 13.8 Å². The molecule has 6 nitrogen and oxygen atoms in total. The lowest BCUT2D eigenvalue weighted by molar-refractivity contribution is 0.219. The maximum atomic E-state index is 5.23. The molecule has 28 heavy (non-hydrogen) atoms. The first-order valence-corrected chi connectivity index (χ1v) is 9.75. The number of hydrogen-bond acceptors (Lipinski definition) is 4. The molecule has 0 aliphatic heterocycles. The van der Waals surface area contributed by atoms with Crippen molar-refractivity contribution < 1.29 is 4.52 Å². The smallest absolute Gasteiger partial charge is 0.191 e. The van der Waals surface area contributed by atoms with Crippen molar-refractivity contribution >= 4 is 29.9 Å². The molecule has 0 bridgehead atoms. The zero-order chi connectivity index (χ0) is 19.6. The Kier molecular flexibility index (Phi) is 11.1. The number of aryl methyl sites for hydroxylation is 2. The lowest BCUT2D eigenvalue weighted by Gasteiger charge is -2.30. The van der Waals surface area contributed by atoms with E-state index in [1.807, 2.05) is 13.8 Å². The summed E-state index contributed by atoms with van der Waals surface area (Å²) in [4.78, 5) is 6.82. The summed E-state index contributed by atoms with van der Waals surface area (Å²) in [5.74, 6) is 1.71. The van der Waals surface area contributed by atoms with Gasteiger partial charge in [0.25, 0.3) is 0 Å². The van der Waals surface area contributed by atoms with Gasteiger partial charge >= 0.3 is 0 Å². The molecule has 1 unspecified atom stereocenters. The van der Waals surface area contributed by atoms with E-state index >= 15 is 0 Å². The van der Waals surface area contributed by atoms with Crippen molar-refractivity contribution in [1.29, 1.82) is 0 Å². The average Bonchev–Trinajstić information content (AvgIpc) is 3.02. The molecule has 1 atom stereocenters. The molecule has 2 aromatic rings. The normalized spacial score (nSPS) is 12.6. The van der Waals surface area contributed by atoms with Gasteiger partial charge in [0.2, 0.25) is 0 Å². The second-order valence-electron chi connectivity index (χ2n) is 6.58. The number of nitrogens with zero attached hydrogens (tertiary/aromatic N) is 3. The highest BCUT2D eigenvalue weighted by Gasteiger charge is 2.18. The molecule has 0 saturated carbocycles. The van der Waals surface area contributed by atoms with Gasteiger partial charge < -0.3 is 15.2 Å². The van der Waals surface area contributed by atoms with Crippen molar-refractivity contribution in [2.45, 2.75) is 40.2 Å². The zero-order valence-corrected chi connectivity index (χ0v) is 20.0. The van der Waals surface area contributed by atoms with Gasteiger partial charge in [-0.15, -0.1) is 24.0 Å². The van der Waals surface area contributed by atoms with Gasteiger partial charge in [0, 0.05) is 25.7 Å². The number of likely N-dealkylation sites (N-methyl/N-ethyl adjacent to an activating group) is 1. The highest BCUT2D eigenvalue weighted by atomic mass is 127. The third kappa shape index (κ3) is 6.77. The summed E-state index contributed by atoms with van der Waals surface area (Å²) >= 11 is 0. The summed E-state index contributed by atoms with van der Waals surface area (Å²) in [6.07, 6.45) is 0.861. The minimum Gasteiger partial charge on any atom is -0.361 e. The standard InChI is InChI=1S/C21H33N5O.HI/c1-6-26(7-2)20(18-11-9-8-10-12-18)15-24-21(22-5)23-14-13-19-16(3)25-27-17(19)4;/h8-12,20H,6-7,13-15H2,1-5H3,(H2,22,23,24);1H. The van der Waals surface area contributed by atoms with Gasteiger partial charge in [-0.1, -0.05) is 49.3 Å². The van der Waals surface area contributed by atoms with Gasteiger partial charge in [0.1, 0.15) is 5.76 Å². The Balaban J connectivity index is 0.00000392. The van der Waals surface area contributed by atoms with Crippen molar-refractivity contribution in [3.8, 4) is 0 Å². The minimum atomic E-state index is 0. The van der Waals surface area contributed by atoms with Crippen molar-refractivity contribution in [2.24, 2.45) is 4.99 Å². The van der Waals surface area contributed by atoms with E-state index in [0.29, 0.717) is 6.04 Å². The Bertz CT molecular complexity index is 693. The molecular formula is C21H34IN5O. The highest BCUT2D eigenvalue weighted by Crippen LogP contribution is 2.19. The fourth-order valence-corrected chi connectivity index (χ4v) is 3.38. The van der Waals surface area contributed by atoms with Crippen molar-refractivity contribution in [3.63, 3.8) is 0 Å². The van der Waals surface area contributed by atoms with Gasteiger partial charge in [0.05, 0.1) is 11.7 Å². The fourth-order valence-electron chi connectivity index (χ4n) is 3.38. The van der Waals surface area contributed by atoms with Crippen LogP contribution >= 0.6 is 24.0 Å². The number of rotatable bonds is 9. The summed E-state index contributed by atoms with van der Waals surface area (Å²) in [7, 11) is 1.81. The fraction of sp³-hybridized carbons (Fsp3) is 0.524. The molecule has 0 fully saturated rings. The van der Waals surface area contributed by atoms with Crippen LogP contribution in [0.5, 0.6) is 0 Å². The van der Waals surface area contributed by atoms with E-state index < -0.39 is 0 Å². The molecule has 0 aliphatic rings. The zero-order valence-electron chi connectivity index (χ0n) is 17.7. The Labute approximate surface area is 186 Å². The summed E-state index contributed by atoms with van der Waals surface area (Å²) in [6, 6.07) is 11.0. The predicted molar refractivity (Wildman–Crippen MR) is 127 cm³/mol. The molecule has 0 amide bonds. The second kappa shape index (κ2) is 12.8. The summed E-state index contributed by atoms with van der Waals surface area (Å²) in [5, 5.41) is 10.9. The lowest BCUT2D eigenvalue weighted by Crippen LogP contribution is -2.43. The predicted octanol–water partition coefficient (Wildman–Crippen LogP) is 3.70. The van der Waals surface area contributed by atoms with Crippen LogP contribution in [-0.2, 0) is 6.42 Å². The molecule has 2 rings (SSSR count). The van der Waals surface area contributed by atoms with Crippen molar-refractivity contribution in [3.05, 3.63) is 52.9 Å². The number of guanidine groups is 1. The molecule has 1 heterocycles. The molecular weight excluding hydrogens is 465 g/mol. The van der Waals surface area contributed by atoms with E-state index in [1.165, 1.54) is 11.1 Å². The number of nitrogens with one attached hydrogen (secondary N) is 2. The van der Waals surface area contributed by atoms with Crippen LogP contribution in [-0.4, -0.2) is 49.2 Å². The monoisotopic (exact) mass is 499 g/mol. The van der Waals surface area contributed by atoms with Gasteiger partial charge in [-0.3, -0.25) is 9.89 Å². The number of aromatic nitrogens is 1. The topological polar surface area (TPSA) is 65.7 Å². The maximum Gasteiger partial charge on any atom is 0.191 e. The van der Waals surface area contributed by atoms with E-state index in [4.69, 9.17) is 4.52 Å². The summed E-state index contributed by atoms with van der Waals surface area (Å²) < 4.78 is 5.23. The summed E-state index contributed by atoms with van der Waals surface area (Å²) in [5.41, 5.74) is 3.45. The molecule has 0 spiro atoms. The van der Waals surface area contributed by atoms with Crippen LogP contribution in [0.15, 0.2) is 39.8 Å². The van der Waals surface area contributed by atoms with Gasteiger partial charge in [-0.2, -0.15) is 0 Å². The van der Waals surface area contributed by atoms with E-state index in [1.54, 1.807) is 7.05 Å². The quantitative estimate of drug-likeness (QED) is 0.313. The van der Waals surface area contributed by atoms with Gasteiger partial charge in [0.15, 0.2) is 5.96 Å². The van der Waals surface area contributed by atoms with Crippen molar-refractivity contribution in [2.75, 3.05) is 33.2 Å². The molecule has 0 aliphatic carbocycles. The lowest BCUT2D eigenvalue weighted by atomic mass is 10.1. The Morgan fingerprint density at radius 2 is 1.82 bits per heavy atom. The Morgan fingerprint density at radius 3 is 2.36 bits per heavy atom. The average molecular weight is 499 g/mol. The molecule has 2 N–H and O–H groups in total. The van der Waals surface area contributed by atoms with E-state index in [2.05, 4.69) is 69.9 Å². The summed E-state index contributed by atoms with van der Waals surface area (Å²) in [6.45, 7) is 11.9. The Morgan fingerprint density at radius 1 is 1.14 bits per heavy atom. The minimum absolute atomic E-state index is 0. The van der Waals surface area contributed by atoms with E-state index in [-0.39, 0.29) is 24.0 Å². The van der Waals surface area contributed by atoms with Crippen LogP contribution in [0.1, 0.15) is 42.5 Å². The van der Waals surface area contributed by atoms with Crippen LogP contribution in [0.25, 0.3) is 0 Å². The molecule has 7 heteroatoms. The number of halogens is 1. The Hall–Kier alpha value is -1.61. The van der Waals surface area contributed by atoms with Gasteiger partial charge in [-0.25, -0.2) is 0 Å². The molecule has 1 aromatic heterocycles. The highest BCUT2D eigenvalue weighted by molar-refractivity contribution is 14.0. The van der Waals surface area contributed by atoms with Crippen LogP contribution in [0.3, 0.4) is 0 Å². The van der Waals surface area contributed by atoms with E-state index in [0.717, 1.165) is 50.0 Å². The van der Waals surface area contributed by atoms with E-state index in [9.17, 15) is 0 Å². The molecule has 0 radical (unpaired) electrons. The first-order valence-electron chi connectivity index (χ1n) is 9.75. The maximum absolute atomic E-state index is 5.23. The largest absolute Gasteiger partial charge is 0.361 e. The molecule has 1 aromatic carbocycles. The van der Waals surface area contributed by atoms with Gasteiger partial charge in [-0.05, 0) is 38.9 Å². The molecule has 156 valence electrons. The first-order chi connectivity index (χ1) is 13.1. The van der Waals surface area contributed by atoms with Crippen LogP contribution in [0.4, 0.5) is 0 Å². The second-order valence-corrected chi connectivity index (χ2v) is 6.58. The number of aliphatic imine (C=N–C) groups is 1. The molecule has 0 saturated heterocycles.